The lowest BCUT2D eigenvalue weighted by atomic mass is 10.2. The largest absolute Gasteiger partial charge is 0.380 e. The molecule has 0 aliphatic heterocycles. The quantitative estimate of drug-likeness (QED) is 0.392. The van der Waals surface area contributed by atoms with Crippen LogP contribution in [-0.2, 0) is 4.74 Å². The van der Waals surface area contributed by atoms with E-state index in [1.165, 1.54) is 25.7 Å². The number of nitrogens with zero attached hydrogens (tertiary/aromatic N) is 1. The second-order valence-corrected chi connectivity index (χ2v) is 3.59. The number of guanidine groups is 1. The number of hydrogen-bond acceptors (Lipinski definition) is 2. The molecular weight excluding hydrogens is 178 g/mol. The van der Waals surface area contributed by atoms with Gasteiger partial charge in [-0.1, -0.05) is 12.8 Å². The zero-order valence-electron chi connectivity index (χ0n) is 8.96. The third-order valence-electron chi connectivity index (χ3n) is 2.43. The topological polar surface area (TPSA) is 59.6 Å². The summed E-state index contributed by atoms with van der Waals surface area (Å²) in [6, 6.07) is 0.547. The molecule has 0 aromatic heterocycles. The molecule has 3 N–H and O–H groups in total. The highest BCUT2D eigenvalue weighted by molar-refractivity contribution is 5.78. The highest BCUT2D eigenvalue weighted by Gasteiger charge is 2.14. The molecule has 4 nitrogen and oxygen atoms in total. The second-order valence-electron chi connectivity index (χ2n) is 3.59. The van der Waals surface area contributed by atoms with Gasteiger partial charge in [0.25, 0.3) is 0 Å². The Morgan fingerprint density at radius 2 is 2.21 bits per heavy atom. The molecule has 0 amide bonds. The Morgan fingerprint density at radius 1 is 1.50 bits per heavy atom. The Kier molecular flexibility index (Phi) is 5.37. The molecule has 1 saturated carbocycles. The van der Waals surface area contributed by atoms with E-state index in [0.29, 0.717) is 25.2 Å². The minimum Gasteiger partial charge on any atom is -0.380 e. The Bertz CT molecular complexity index is 176. The van der Waals surface area contributed by atoms with Gasteiger partial charge in [-0.25, -0.2) is 0 Å². The maximum absolute atomic E-state index is 5.72. The van der Waals surface area contributed by atoms with Gasteiger partial charge in [0.05, 0.1) is 13.2 Å². The number of rotatable bonds is 5. The number of nitrogens with one attached hydrogen (secondary N) is 1. The van der Waals surface area contributed by atoms with Crippen molar-refractivity contribution in [1.29, 1.82) is 0 Å². The first-order valence-corrected chi connectivity index (χ1v) is 5.47. The van der Waals surface area contributed by atoms with E-state index in [2.05, 4.69) is 10.3 Å². The van der Waals surface area contributed by atoms with Crippen LogP contribution in [0.2, 0.25) is 0 Å². The van der Waals surface area contributed by atoms with Gasteiger partial charge in [0.2, 0.25) is 0 Å². The van der Waals surface area contributed by atoms with Crippen molar-refractivity contribution in [1.82, 2.24) is 5.32 Å². The Labute approximate surface area is 85.9 Å². The van der Waals surface area contributed by atoms with Gasteiger partial charge >= 0.3 is 0 Å². The third kappa shape index (κ3) is 4.46. The van der Waals surface area contributed by atoms with Crippen LogP contribution in [0, 0.1) is 0 Å². The monoisotopic (exact) mass is 199 g/mol. The zero-order valence-corrected chi connectivity index (χ0v) is 8.96. The van der Waals surface area contributed by atoms with Crippen LogP contribution in [0.5, 0.6) is 0 Å². The minimum absolute atomic E-state index is 0.547. The maximum Gasteiger partial charge on any atom is 0.188 e. The number of ether oxygens (including phenoxy) is 1. The molecule has 1 aliphatic rings. The van der Waals surface area contributed by atoms with Gasteiger partial charge in [-0.05, 0) is 19.8 Å². The van der Waals surface area contributed by atoms with Crippen molar-refractivity contribution < 1.29 is 4.74 Å². The predicted octanol–water partition coefficient (Wildman–Crippen LogP) is 0.870. The fourth-order valence-corrected chi connectivity index (χ4v) is 1.70. The summed E-state index contributed by atoms with van der Waals surface area (Å²) in [4.78, 5) is 4.18. The third-order valence-corrected chi connectivity index (χ3v) is 2.43. The first-order chi connectivity index (χ1) is 6.83. The van der Waals surface area contributed by atoms with E-state index in [1.807, 2.05) is 6.92 Å². The van der Waals surface area contributed by atoms with Crippen molar-refractivity contribution in [3.63, 3.8) is 0 Å². The van der Waals surface area contributed by atoms with E-state index in [1.54, 1.807) is 0 Å². The lowest BCUT2D eigenvalue weighted by molar-refractivity contribution is 0.155. The van der Waals surface area contributed by atoms with Gasteiger partial charge in [-0.2, -0.15) is 0 Å². The smallest absolute Gasteiger partial charge is 0.188 e. The summed E-state index contributed by atoms with van der Waals surface area (Å²) in [5, 5.41) is 3.23. The number of nitrogens with two attached hydrogens (primary N) is 1. The Hall–Kier alpha value is -0.770. The van der Waals surface area contributed by atoms with Gasteiger partial charge in [0.15, 0.2) is 5.96 Å². The number of aliphatic imine (C=N–C) groups is 1. The predicted molar refractivity (Wildman–Crippen MR) is 58.4 cm³/mol. The van der Waals surface area contributed by atoms with Crippen LogP contribution in [0.4, 0.5) is 0 Å². The van der Waals surface area contributed by atoms with Crippen molar-refractivity contribution in [2.24, 2.45) is 10.7 Å². The normalized spacial score (nSPS) is 18.8. The molecule has 82 valence electrons. The fourth-order valence-electron chi connectivity index (χ4n) is 1.70. The van der Waals surface area contributed by atoms with Crippen LogP contribution < -0.4 is 11.1 Å². The molecule has 1 aliphatic carbocycles. The average molecular weight is 199 g/mol. The molecule has 0 spiro atoms. The molecule has 0 radical (unpaired) electrons. The molecule has 1 rings (SSSR count). The van der Waals surface area contributed by atoms with E-state index in [4.69, 9.17) is 10.5 Å². The van der Waals surface area contributed by atoms with Crippen LogP contribution >= 0.6 is 0 Å². The molecule has 0 heterocycles. The van der Waals surface area contributed by atoms with Crippen LogP contribution in [0.25, 0.3) is 0 Å². The van der Waals surface area contributed by atoms with Gasteiger partial charge in [-0.3, -0.25) is 4.99 Å². The molecule has 1 fully saturated rings. The van der Waals surface area contributed by atoms with Crippen molar-refractivity contribution in [3.8, 4) is 0 Å². The summed E-state index contributed by atoms with van der Waals surface area (Å²) < 4.78 is 5.16. The fraction of sp³-hybridized carbons (Fsp3) is 0.900. The van der Waals surface area contributed by atoms with E-state index in [9.17, 15) is 0 Å². The zero-order chi connectivity index (χ0) is 10.2. The van der Waals surface area contributed by atoms with Crippen molar-refractivity contribution >= 4 is 5.96 Å². The molecule has 4 heteroatoms. The van der Waals surface area contributed by atoms with Crippen molar-refractivity contribution in [2.45, 2.75) is 38.6 Å². The summed E-state index contributed by atoms with van der Waals surface area (Å²) in [6.45, 7) is 4.03. The maximum atomic E-state index is 5.72. The van der Waals surface area contributed by atoms with E-state index in [0.717, 1.165) is 6.61 Å². The van der Waals surface area contributed by atoms with Crippen LogP contribution in [0.3, 0.4) is 0 Å². The SMILES string of the molecule is CCOCCN=C(N)NC1CCCC1. The molecule has 0 saturated heterocycles. The van der Waals surface area contributed by atoms with Crippen molar-refractivity contribution in [3.05, 3.63) is 0 Å². The standard InChI is InChI=1S/C10H21N3O/c1-2-14-8-7-12-10(11)13-9-5-3-4-6-9/h9H,2-8H2,1H3,(H3,11,12,13). The lowest BCUT2D eigenvalue weighted by Gasteiger charge is -2.11. The van der Waals surface area contributed by atoms with Crippen LogP contribution in [-0.4, -0.2) is 31.8 Å². The highest BCUT2D eigenvalue weighted by atomic mass is 16.5. The lowest BCUT2D eigenvalue weighted by Crippen LogP contribution is -2.38. The molecule has 0 aromatic rings. The second kappa shape index (κ2) is 6.65. The first-order valence-electron chi connectivity index (χ1n) is 5.47. The van der Waals surface area contributed by atoms with E-state index < -0.39 is 0 Å². The van der Waals surface area contributed by atoms with Gasteiger partial charge in [-0.15, -0.1) is 0 Å². The molecule has 0 atom stereocenters. The molecular formula is C10H21N3O. The highest BCUT2D eigenvalue weighted by Crippen LogP contribution is 2.17. The molecule has 0 unspecified atom stereocenters. The summed E-state index contributed by atoms with van der Waals surface area (Å²) in [6.07, 6.45) is 5.07. The van der Waals surface area contributed by atoms with Gasteiger partial charge in [0, 0.05) is 12.6 Å². The first kappa shape index (κ1) is 11.3. The molecule has 14 heavy (non-hydrogen) atoms. The van der Waals surface area contributed by atoms with Crippen LogP contribution in [0.15, 0.2) is 4.99 Å². The van der Waals surface area contributed by atoms with E-state index in [-0.39, 0.29) is 0 Å². The average Bonchev–Trinajstić information content (AvgIpc) is 2.65. The summed E-state index contributed by atoms with van der Waals surface area (Å²) >= 11 is 0. The van der Waals surface area contributed by atoms with Crippen LogP contribution in [0.1, 0.15) is 32.6 Å². The van der Waals surface area contributed by atoms with Gasteiger partial charge in [0.1, 0.15) is 0 Å². The molecule has 0 aromatic carbocycles. The summed E-state index contributed by atoms with van der Waals surface area (Å²) in [5.74, 6) is 0.566. The minimum atomic E-state index is 0.547. The Balaban J connectivity index is 2.09. The van der Waals surface area contributed by atoms with E-state index >= 15 is 0 Å². The molecule has 0 bridgehead atoms. The van der Waals surface area contributed by atoms with Crippen molar-refractivity contribution in [2.75, 3.05) is 19.8 Å². The Morgan fingerprint density at radius 3 is 2.86 bits per heavy atom. The summed E-state index contributed by atoms with van der Waals surface area (Å²) in [5.41, 5.74) is 5.72. The summed E-state index contributed by atoms with van der Waals surface area (Å²) in [7, 11) is 0. The van der Waals surface area contributed by atoms with Gasteiger partial charge < -0.3 is 15.8 Å². The number of hydrogen-bond donors (Lipinski definition) is 2.